The van der Waals surface area contributed by atoms with Gasteiger partial charge in [0, 0.05) is 23.4 Å². The zero-order chi connectivity index (χ0) is 23.4. The largest absolute Gasteiger partial charge is 0.393 e. The van der Waals surface area contributed by atoms with Crippen LogP contribution in [0.1, 0.15) is 36.5 Å². The molecule has 0 radical (unpaired) electrons. The monoisotopic (exact) mass is 487 g/mol. The number of carbonyl (C=O) groups is 1. The van der Waals surface area contributed by atoms with E-state index in [4.69, 9.17) is 11.6 Å². The molecule has 32 heavy (non-hydrogen) atoms. The number of rotatable bonds is 4. The van der Waals surface area contributed by atoms with Crippen LogP contribution in [0.2, 0.25) is 5.02 Å². The summed E-state index contributed by atoms with van der Waals surface area (Å²) in [7, 11) is -3.91. The van der Waals surface area contributed by atoms with Crippen molar-refractivity contribution in [2.24, 2.45) is 17.8 Å². The molecule has 2 aromatic rings. The molecule has 0 heterocycles. The van der Waals surface area contributed by atoms with Crippen LogP contribution in [0.15, 0.2) is 35.2 Å². The number of fused-ring (bicyclic) bond motifs is 2. The molecular formula is C22H21ClF3NO4S. The molecule has 2 bridgehead atoms. The highest BCUT2D eigenvalue weighted by Gasteiger charge is 2.49. The second-order valence-corrected chi connectivity index (χ2v) is 11.2. The third kappa shape index (κ3) is 4.02. The SMILES string of the molecule is C[C@H]1CC2CC(S(=O)(=O)c3cc(C(=O)Nc4cc(F)c(F)c(F)c4)ccc3Cl)CC1C2O. The van der Waals surface area contributed by atoms with Crippen LogP contribution in [-0.2, 0) is 9.84 Å². The van der Waals surface area contributed by atoms with Gasteiger partial charge in [0.25, 0.3) is 5.91 Å². The summed E-state index contributed by atoms with van der Waals surface area (Å²) >= 11 is 6.17. The first-order valence-corrected chi connectivity index (χ1v) is 12.1. The van der Waals surface area contributed by atoms with E-state index in [0.717, 1.165) is 12.5 Å². The Balaban J connectivity index is 1.61. The number of hydrogen-bond acceptors (Lipinski definition) is 4. The average molecular weight is 488 g/mol. The van der Waals surface area contributed by atoms with E-state index in [2.05, 4.69) is 5.32 Å². The first-order chi connectivity index (χ1) is 15.0. The fourth-order valence-electron chi connectivity index (χ4n) is 4.95. The Morgan fingerprint density at radius 1 is 1.09 bits per heavy atom. The highest BCUT2D eigenvalue weighted by Crippen LogP contribution is 2.48. The molecule has 2 fully saturated rings. The maximum absolute atomic E-state index is 13.4. The molecule has 2 saturated carbocycles. The van der Waals surface area contributed by atoms with Gasteiger partial charge in [-0.25, -0.2) is 21.6 Å². The van der Waals surface area contributed by atoms with Gasteiger partial charge >= 0.3 is 0 Å². The summed E-state index contributed by atoms with van der Waals surface area (Å²) in [5.41, 5.74) is -0.414. The summed E-state index contributed by atoms with van der Waals surface area (Å²) in [4.78, 5) is 12.4. The van der Waals surface area contributed by atoms with E-state index in [1.807, 2.05) is 6.92 Å². The van der Waals surface area contributed by atoms with Gasteiger partial charge in [-0.1, -0.05) is 18.5 Å². The van der Waals surface area contributed by atoms with Crippen LogP contribution < -0.4 is 5.32 Å². The van der Waals surface area contributed by atoms with Crippen molar-refractivity contribution in [2.75, 3.05) is 5.32 Å². The second kappa shape index (κ2) is 8.35. The van der Waals surface area contributed by atoms with Crippen LogP contribution in [0, 0.1) is 35.2 Å². The maximum atomic E-state index is 13.4. The van der Waals surface area contributed by atoms with E-state index in [1.165, 1.54) is 12.1 Å². The Morgan fingerprint density at radius 2 is 1.75 bits per heavy atom. The molecular weight excluding hydrogens is 467 g/mol. The predicted molar refractivity (Wildman–Crippen MR) is 113 cm³/mol. The normalized spacial score (nSPS) is 27.4. The van der Waals surface area contributed by atoms with Gasteiger partial charge in [-0.05, 0) is 55.2 Å². The van der Waals surface area contributed by atoms with Gasteiger partial charge in [0.1, 0.15) is 0 Å². The number of anilines is 1. The number of amides is 1. The van der Waals surface area contributed by atoms with E-state index in [0.29, 0.717) is 25.0 Å². The molecule has 2 N–H and O–H groups in total. The van der Waals surface area contributed by atoms with Crippen molar-refractivity contribution in [2.45, 2.75) is 42.4 Å². The summed E-state index contributed by atoms with van der Waals surface area (Å²) in [5, 5.41) is 11.8. The van der Waals surface area contributed by atoms with Crippen molar-refractivity contribution in [3.05, 3.63) is 58.4 Å². The minimum Gasteiger partial charge on any atom is -0.393 e. The molecule has 5 nitrogen and oxygen atoms in total. The van der Waals surface area contributed by atoms with Crippen LogP contribution in [0.3, 0.4) is 0 Å². The predicted octanol–water partition coefficient (Wildman–Crippen LogP) is 4.58. The standard InChI is InChI=1S/C22H21ClF3NO4S/c1-10-4-12-5-14(9-15(10)21(12)28)32(30,31)19-6-11(2-3-16(19)23)22(29)27-13-7-17(24)20(26)18(25)8-13/h2-3,6-8,10,12,14-15,21,28H,4-5,9H2,1H3,(H,27,29)/t10-,12?,14?,15?,21?/m0/s1. The van der Waals surface area contributed by atoms with Crippen molar-refractivity contribution >= 4 is 33.0 Å². The fraction of sp³-hybridized carbons (Fsp3) is 0.409. The van der Waals surface area contributed by atoms with E-state index in [-0.39, 0.29) is 38.9 Å². The van der Waals surface area contributed by atoms with Gasteiger partial charge in [0.2, 0.25) is 0 Å². The van der Waals surface area contributed by atoms with Crippen LogP contribution >= 0.6 is 11.6 Å². The molecule has 4 rings (SSSR count). The lowest BCUT2D eigenvalue weighted by molar-refractivity contribution is 0.0552. The van der Waals surface area contributed by atoms with Gasteiger partial charge in [-0.3, -0.25) is 4.79 Å². The van der Waals surface area contributed by atoms with Crippen molar-refractivity contribution in [1.29, 1.82) is 0 Å². The van der Waals surface area contributed by atoms with Gasteiger partial charge in [-0.2, -0.15) is 0 Å². The Labute approximate surface area is 188 Å². The summed E-state index contributed by atoms with van der Waals surface area (Å²) in [6, 6.07) is 4.91. The zero-order valence-corrected chi connectivity index (χ0v) is 18.6. The maximum Gasteiger partial charge on any atom is 0.255 e. The van der Waals surface area contributed by atoms with Gasteiger partial charge in [0.15, 0.2) is 27.3 Å². The summed E-state index contributed by atoms with van der Waals surface area (Å²) < 4.78 is 66.7. The molecule has 0 aliphatic heterocycles. The minimum atomic E-state index is -3.91. The van der Waals surface area contributed by atoms with E-state index in [9.17, 15) is 31.5 Å². The number of hydrogen-bond donors (Lipinski definition) is 2. The van der Waals surface area contributed by atoms with Crippen LogP contribution in [-0.4, -0.2) is 30.8 Å². The van der Waals surface area contributed by atoms with E-state index < -0.39 is 44.5 Å². The lowest BCUT2D eigenvalue weighted by Crippen LogP contribution is -2.38. The Bertz CT molecular complexity index is 1170. The number of halogens is 4. The van der Waals surface area contributed by atoms with Crippen LogP contribution in [0.25, 0.3) is 0 Å². The van der Waals surface area contributed by atoms with E-state index >= 15 is 0 Å². The summed E-state index contributed by atoms with van der Waals surface area (Å²) in [6.45, 7) is 2.00. The van der Waals surface area contributed by atoms with E-state index in [1.54, 1.807) is 0 Å². The van der Waals surface area contributed by atoms with Crippen molar-refractivity contribution < 1.29 is 31.5 Å². The third-order valence-electron chi connectivity index (χ3n) is 6.61. The number of sulfone groups is 1. The highest BCUT2D eigenvalue weighted by molar-refractivity contribution is 7.92. The number of benzene rings is 2. The highest BCUT2D eigenvalue weighted by atomic mass is 35.5. The number of nitrogens with one attached hydrogen (secondary N) is 1. The molecule has 0 aromatic heterocycles. The zero-order valence-electron chi connectivity index (χ0n) is 17.0. The number of carbonyl (C=O) groups excluding carboxylic acids is 1. The van der Waals surface area contributed by atoms with Gasteiger partial charge in [-0.15, -0.1) is 0 Å². The third-order valence-corrected chi connectivity index (χ3v) is 9.26. The summed E-state index contributed by atoms with van der Waals surface area (Å²) in [5.74, 6) is -5.43. The second-order valence-electron chi connectivity index (χ2n) is 8.62. The summed E-state index contributed by atoms with van der Waals surface area (Å²) in [6.07, 6.45) is 0.868. The Hall–Kier alpha value is -2.10. The molecule has 10 heteroatoms. The van der Waals surface area contributed by atoms with Crippen LogP contribution in [0.5, 0.6) is 0 Å². The van der Waals surface area contributed by atoms with Gasteiger partial charge in [0.05, 0.1) is 21.3 Å². The molecule has 0 saturated heterocycles. The van der Waals surface area contributed by atoms with Crippen molar-refractivity contribution in [3.63, 3.8) is 0 Å². The average Bonchev–Trinajstić information content (AvgIpc) is 2.87. The quantitative estimate of drug-likeness (QED) is 0.618. The molecule has 2 aliphatic carbocycles. The lowest BCUT2D eigenvalue weighted by Gasteiger charge is -2.32. The topological polar surface area (TPSA) is 83.5 Å². The van der Waals surface area contributed by atoms with Crippen molar-refractivity contribution in [3.8, 4) is 0 Å². The molecule has 172 valence electrons. The molecule has 4 unspecified atom stereocenters. The lowest BCUT2D eigenvalue weighted by atomic mass is 9.84. The molecule has 1 amide bonds. The van der Waals surface area contributed by atoms with Crippen LogP contribution in [0.4, 0.5) is 18.9 Å². The van der Waals surface area contributed by atoms with Gasteiger partial charge < -0.3 is 10.4 Å². The molecule has 5 atom stereocenters. The molecule has 2 aliphatic rings. The smallest absolute Gasteiger partial charge is 0.255 e. The minimum absolute atomic E-state index is 0.0491. The Kier molecular flexibility index (Phi) is 6.02. The first kappa shape index (κ1) is 23.1. The molecule has 2 aromatic carbocycles. The number of aliphatic hydroxyl groups is 1. The molecule has 0 spiro atoms. The Morgan fingerprint density at radius 3 is 2.38 bits per heavy atom. The first-order valence-electron chi connectivity index (χ1n) is 10.2. The fourth-order valence-corrected chi connectivity index (χ4v) is 7.36. The van der Waals surface area contributed by atoms with Crippen molar-refractivity contribution in [1.82, 2.24) is 0 Å². The number of aliphatic hydroxyl groups excluding tert-OH is 1.